The summed E-state index contributed by atoms with van der Waals surface area (Å²) in [7, 11) is 0. The smallest absolute Gasteiger partial charge is 0.424 e. The number of aromatic nitrogens is 2. The largest absolute Gasteiger partial charge is 0.433 e. The van der Waals surface area contributed by atoms with Crippen LogP contribution >= 0.6 is 0 Å². The number of aryl methyl sites for hydroxylation is 1. The second-order valence-corrected chi connectivity index (χ2v) is 4.13. The molecule has 7 heteroatoms. The first kappa shape index (κ1) is 14.3. The number of hydrogen-bond donors (Lipinski definition) is 1. The fourth-order valence-electron chi connectivity index (χ4n) is 1.53. The molecule has 4 nitrogen and oxygen atoms in total. The van der Waals surface area contributed by atoms with Crippen LogP contribution in [0.2, 0.25) is 0 Å². The van der Waals surface area contributed by atoms with E-state index in [2.05, 4.69) is 9.97 Å². The Morgan fingerprint density at radius 1 is 1.25 bits per heavy atom. The van der Waals surface area contributed by atoms with E-state index in [0.29, 0.717) is 12.3 Å². The maximum Gasteiger partial charge on any atom is 0.433 e. The summed E-state index contributed by atoms with van der Waals surface area (Å²) >= 11 is 0. The van der Waals surface area contributed by atoms with Gasteiger partial charge in [0.2, 0.25) is 0 Å². The van der Waals surface area contributed by atoms with Gasteiger partial charge in [-0.2, -0.15) is 18.2 Å². The average molecular weight is 283 g/mol. The van der Waals surface area contributed by atoms with Gasteiger partial charge in [0.15, 0.2) is 5.69 Å². The molecular formula is C13H12F3N3O. The van der Waals surface area contributed by atoms with Crippen LogP contribution in [0, 0.1) is 6.92 Å². The molecule has 0 aliphatic carbocycles. The Hall–Kier alpha value is -2.15. The lowest BCUT2D eigenvalue weighted by atomic mass is 10.1. The van der Waals surface area contributed by atoms with E-state index in [1.54, 1.807) is 19.1 Å². The molecule has 0 aliphatic rings. The topological polar surface area (TPSA) is 61.0 Å². The normalized spacial score (nSPS) is 11.4. The molecular weight excluding hydrogens is 271 g/mol. The number of rotatable bonds is 3. The highest BCUT2D eigenvalue weighted by Crippen LogP contribution is 2.29. The average Bonchev–Trinajstić information content (AvgIpc) is 2.41. The quantitative estimate of drug-likeness (QED) is 0.940. The van der Waals surface area contributed by atoms with Gasteiger partial charge >= 0.3 is 12.2 Å². The summed E-state index contributed by atoms with van der Waals surface area (Å²) in [5.41, 5.74) is 6.02. The SMILES string of the molecule is Cc1ccc(CN)cc1Oc1nccc(C(F)(F)F)n1. The van der Waals surface area contributed by atoms with Crippen molar-refractivity contribution in [1.82, 2.24) is 9.97 Å². The summed E-state index contributed by atoms with van der Waals surface area (Å²) in [6.45, 7) is 2.07. The van der Waals surface area contributed by atoms with Gasteiger partial charge < -0.3 is 10.5 Å². The van der Waals surface area contributed by atoms with Gasteiger partial charge in [0.1, 0.15) is 5.75 Å². The summed E-state index contributed by atoms with van der Waals surface area (Å²) in [6.07, 6.45) is -3.53. The molecule has 1 heterocycles. The minimum absolute atomic E-state index is 0.306. The minimum Gasteiger partial charge on any atom is -0.424 e. The van der Waals surface area contributed by atoms with E-state index in [1.165, 1.54) is 0 Å². The zero-order valence-electron chi connectivity index (χ0n) is 10.6. The third kappa shape index (κ3) is 3.24. The molecule has 0 atom stereocenters. The van der Waals surface area contributed by atoms with Gasteiger partial charge in [-0.25, -0.2) is 4.98 Å². The first-order chi connectivity index (χ1) is 9.40. The maximum atomic E-state index is 12.5. The van der Waals surface area contributed by atoms with E-state index >= 15 is 0 Å². The summed E-state index contributed by atoms with van der Waals surface area (Å²) in [5, 5.41) is 0. The molecule has 0 fully saturated rings. The van der Waals surface area contributed by atoms with Crippen LogP contribution in [-0.2, 0) is 12.7 Å². The number of ether oxygens (including phenoxy) is 1. The number of halogens is 3. The molecule has 0 bridgehead atoms. The van der Waals surface area contributed by atoms with Crippen LogP contribution in [0.3, 0.4) is 0 Å². The van der Waals surface area contributed by atoms with E-state index in [1.807, 2.05) is 6.07 Å². The van der Waals surface area contributed by atoms with Crippen LogP contribution in [0.15, 0.2) is 30.5 Å². The van der Waals surface area contributed by atoms with Crippen LogP contribution in [0.4, 0.5) is 13.2 Å². The third-order valence-electron chi connectivity index (χ3n) is 2.61. The van der Waals surface area contributed by atoms with Gasteiger partial charge in [-0.05, 0) is 30.2 Å². The standard InChI is InChI=1S/C13H12F3N3O/c1-8-2-3-9(7-17)6-10(8)20-12-18-5-4-11(19-12)13(14,15)16/h2-6H,7,17H2,1H3. The fourth-order valence-corrected chi connectivity index (χ4v) is 1.53. The van der Waals surface area contributed by atoms with Crippen LogP contribution in [0.5, 0.6) is 11.8 Å². The Bertz CT molecular complexity index is 614. The molecule has 1 aromatic heterocycles. The lowest BCUT2D eigenvalue weighted by Crippen LogP contribution is -2.09. The van der Waals surface area contributed by atoms with Crippen molar-refractivity contribution in [3.63, 3.8) is 0 Å². The van der Waals surface area contributed by atoms with Crippen molar-refractivity contribution in [3.05, 3.63) is 47.3 Å². The third-order valence-corrected chi connectivity index (χ3v) is 2.61. The summed E-state index contributed by atoms with van der Waals surface area (Å²) in [5.74, 6) is 0.382. The Kier molecular flexibility index (Phi) is 3.89. The lowest BCUT2D eigenvalue weighted by molar-refractivity contribution is -0.141. The van der Waals surface area contributed by atoms with Crippen LogP contribution in [0.25, 0.3) is 0 Å². The zero-order valence-corrected chi connectivity index (χ0v) is 10.6. The molecule has 20 heavy (non-hydrogen) atoms. The van der Waals surface area contributed by atoms with Gasteiger partial charge in [-0.1, -0.05) is 12.1 Å². The summed E-state index contributed by atoms with van der Waals surface area (Å²) < 4.78 is 42.9. The van der Waals surface area contributed by atoms with Gasteiger partial charge in [0.05, 0.1) is 0 Å². The zero-order chi connectivity index (χ0) is 14.8. The first-order valence-corrected chi connectivity index (χ1v) is 5.78. The molecule has 0 spiro atoms. The molecule has 0 aliphatic heterocycles. The molecule has 0 radical (unpaired) electrons. The van der Waals surface area contributed by atoms with Crippen molar-refractivity contribution in [2.24, 2.45) is 5.73 Å². The lowest BCUT2D eigenvalue weighted by Gasteiger charge is -2.10. The highest BCUT2D eigenvalue weighted by atomic mass is 19.4. The van der Waals surface area contributed by atoms with E-state index < -0.39 is 11.9 Å². The highest BCUT2D eigenvalue weighted by molar-refractivity contribution is 5.38. The Morgan fingerprint density at radius 2 is 2.00 bits per heavy atom. The molecule has 0 saturated carbocycles. The maximum absolute atomic E-state index is 12.5. The van der Waals surface area contributed by atoms with Gasteiger partial charge in [0.25, 0.3) is 0 Å². The second kappa shape index (κ2) is 5.46. The van der Waals surface area contributed by atoms with Gasteiger partial charge in [-0.15, -0.1) is 0 Å². The highest BCUT2D eigenvalue weighted by Gasteiger charge is 2.33. The number of hydrogen-bond acceptors (Lipinski definition) is 4. The molecule has 1 aromatic carbocycles. The Balaban J connectivity index is 2.30. The Labute approximate surface area is 113 Å². The Morgan fingerprint density at radius 3 is 2.65 bits per heavy atom. The minimum atomic E-state index is -4.53. The molecule has 0 saturated heterocycles. The van der Waals surface area contributed by atoms with E-state index in [4.69, 9.17) is 10.5 Å². The molecule has 2 aromatic rings. The van der Waals surface area contributed by atoms with E-state index in [0.717, 1.165) is 23.4 Å². The summed E-state index contributed by atoms with van der Waals surface area (Å²) in [4.78, 5) is 7.03. The fraction of sp³-hybridized carbons (Fsp3) is 0.231. The second-order valence-electron chi connectivity index (χ2n) is 4.13. The van der Waals surface area contributed by atoms with Crippen LogP contribution in [0.1, 0.15) is 16.8 Å². The van der Waals surface area contributed by atoms with Crippen molar-refractivity contribution >= 4 is 0 Å². The molecule has 106 valence electrons. The van der Waals surface area contributed by atoms with E-state index in [9.17, 15) is 13.2 Å². The molecule has 2 N–H and O–H groups in total. The monoisotopic (exact) mass is 283 g/mol. The van der Waals surface area contributed by atoms with Crippen LogP contribution < -0.4 is 10.5 Å². The van der Waals surface area contributed by atoms with Gasteiger partial charge in [-0.3, -0.25) is 0 Å². The van der Waals surface area contributed by atoms with Crippen molar-refractivity contribution < 1.29 is 17.9 Å². The number of nitrogens with two attached hydrogens (primary N) is 1. The van der Waals surface area contributed by atoms with Crippen molar-refractivity contribution in [2.75, 3.05) is 0 Å². The number of nitrogens with zero attached hydrogens (tertiary/aromatic N) is 2. The predicted molar refractivity (Wildman–Crippen MR) is 66.2 cm³/mol. The summed E-state index contributed by atoms with van der Waals surface area (Å²) in [6, 6.07) is 5.67. The molecule has 2 rings (SSSR count). The molecule has 0 amide bonds. The molecule has 0 unspecified atom stereocenters. The van der Waals surface area contributed by atoms with Crippen molar-refractivity contribution in [3.8, 4) is 11.8 Å². The van der Waals surface area contributed by atoms with Crippen molar-refractivity contribution in [1.29, 1.82) is 0 Å². The van der Waals surface area contributed by atoms with E-state index in [-0.39, 0.29) is 6.01 Å². The van der Waals surface area contributed by atoms with Gasteiger partial charge in [0, 0.05) is 12.7 Å². The predicted octanol–water partition coefficient (Wildman–Crippen LogP) is 3.05. The number of benzene rings is 1. The van der Waals surface area contributed by atoms with Crippen molar-refractivity contribution in [2.45, 2.75) is 19.6 Å². The number of alkyl halides is 3. The van der Waals surface area contributed by atoms with Crippen LogP contribution in [-0.4, -0.2) is 9.97 Å². The first-order valence-electron chi connectivity index (χ1n) is 5.78.